The molecule has 168 valence electrons. The summed E-state index contributed by atoms with van der Waals surface area (Å²) in [5.41, 5.74) is 0.210. The van der Waals surface area contributed by atoms with Gasteiger partial charge in [0.05, 0.1) is 23.0 Å². The first-order valence-corrected chi connectivity index (χ1v) is 11.6. The summed E-state index contributed by atoms with van der Waals surface area (Å²) < 4.78 is 28.9. The predicted octanol–water partition coefficient (Wildman–Crippen LogP) is 6.83. The molecule has 3 rings (SSSR count). The number of carbonyl (C=O) groups is 1. The normalized spacial score (nSPS) is 13.6. The number of pyridine rings is 1. The van der Waals surface area contributed by atoms with Crippen LogP contribution in [0, 0.1) is 5.82 Å². The highest BCUT2D eigenvalue weighted by molar-refractivity contribution is 9.09. The summed E-state index contributed by atoms with van der Waals surface area (Å²) >= 11 is 9.17. The van der Waals surface area contributed by atoms with Crippen LogP contribution in [0.1, 0.15) is 42.4 Å². The maximum atomic E-state index is 15.2. The Hall–Kier alpha value is -2.15. The largest absolute Gasteiger partial charge is 0.301 e. The van der Waals surface area contributed by atoms with E-state index < -0.39 is 17.0 Å². The Kier molecular flexibility index (Phi) is 7.48. The standard InChI is InChI=1S/C25H24BrClF2N2O/c1-24(2,30-14-22(32)16-7-5-4-6-8-16)18-12-21(17-9-10-20(28)19(27)11-17)31-23(13-18)25(3,29)15-26/h4-13,30H,14-15H2,1-3H3. The van der Waals surface area contributed by atoms with Gasteiger partial charge in [-0.3, -0.25) is 4.79 Å². The fourth-order valence-corrected chi connectivity index (χ4v) is 3.63. The molecule has 1 unspecified atom stereocenters. The second-order valence-corrected chi connectivity index (χ2v) is 9.32. The summed E-state index contributed by atoms with van der Waals surface area (Å²) in [7, 11) is 0. The molecule has 3 nitrogen and oxygen atoms in total. The lowest BCUT2D eigenvalue weighted by Gasteiger charge is -2.29. The van der Waals surface area contributed by atoms with Gasteiger partial charge in [0.2, 0.25) is 0 Å². The third-order valence-electron chi connectivity index (χ3n) is 5.33. The van der Waals surface area contributed by atoms with E-state index in [4.69, 9.17) is 11.6 Å². The van der Waals surface area contributed by atoms with Crippen molar-refractivity contribution in [2.75, 3.05) is 11.9 Å². The molecule has 0 aliphatic heterocycles. The number of nitrogens with one attached hydrogen (secondary N) is 1. The number of hydrogen-bond acceptors (Lipinski definition) is 3. The zero-order valence-corrected chi connectivity index (χ0v) is 20.4. The van der Waals surface area contributed by atoms with E-state index in [1.54, 1.807) is 30.3 Å². The summed E-state index contributed by atoms with van der Waals surface area (Å²) in [4.78, 5) is 17.1. The van der Waals surface area contributed by atoms with Gasteiger partial charge in [0.25, 0.3) is 0 Å². The van der Waals surface area contributed by atoms with E-state index in [2.05, 4.69) is 26.2 Å². The van der Waals surface area contributed by atoms with Crippen molar-refractivity contribution in [1.82, 2.24) is 10.3 Å². The first-order valence-electron chi connectivity index (χ1n) is 10.1. The molecule has 0 amide bonds. The number of Topliss-reactive ketones (excluding diaryl/α,β-unsaturated/α-hetero) is 1. The molecule has 0 aliphatic carbocycles. The lowest BCUT2D eigenvalue weighted by atomic mass is 9.90. The summed E-state index contributed by atoms with van der Waals surface area (Å²) in [6, 6.07) is 16.8. The molecule has 0 bridgehead atoms. The zero-order chi connectivity index (χ0) is 23.5. The number of rotatable bonds is 8. The van der Waals surface area contributed by atoms with Crippen LogP contribution in [0.3, 0.4) is 0 Å². The van der Waals surface area contributed by atoms with Gasteiger partial charge in [-0.15, -0.1) is 0 Å². The van der Waals surface area contributed by atoms with Gasteiger partial charge in [0.15, 0.2) is 11.5 Å². The molecule has 7 heteroatoms. The molecule has 1 N–H and O–H groups in total. The summed E-state index contributed by atoms with van der Waals surface area (Å²) in [6.07, 6.45) is 0. The van der Waals surface area contributed by atoms with Gasteiger partial charge in [0, 0.05) is 22.0 Å². The molecule has 1 heterocycles. The molecular weight excluding hydrogens is 498 g/mol. The predicted molar refractivity (Wildman–Crippen MR) is 129 cm³/mol. The molecule has 0 saturated carbocycles. The van der Waals surface area contributed by atoms with Crippen molar-refractivity contribution in [3.63, 3.8) is 0 Å². The van der Waals surface area contributed by atoms with Crippen molar-refractivity contribution in [3.05, 3.63) is 88.3 Å². The second-order valence-electron chi connectivity index (χ2n) is 8.35. The number of nitrogens with zero attached hydrogens (tertiary/aromatic N) is 1. The van der Waals surface area contributed by atoms with E-state index >= 15 is 4.39 Å². The van der Waals surface area contributed by atoms with Crippen molar-refractivity contribution in [3.8, 4) is 11.3 Å². The van der Waals surface area contributed by atoms with Gasteiger partial charge in [-0.05, 0) is 56.7 Å². The van der Waals surface area contributed by atoms with Crippen molar-refractivity contribution >= 4 is 33.3 Å². The van der Waals surface area contributed by atoms with E-state index in [1.807, 2.05) is 32.0 Å². The smallest absolute Gasteiger partial charge is 0.176 e. The highest BCUT2D eigenvalue weighted by Crippen LogP contribution is 2.34. The van der Waals surface area contributed by atoms with Crippen LogP contribution in [0.4, 0.5) is 8.78 Å². The van der Waals surface area contributed by atoms with E-state index in [0.717, 1.165) is 5.56 Å². The lowest BCUT2D eigenvalue weighted by molar-refractivity contribution is 0.0980. The maximum Gasteiger partial charge on any atom is 0.176 e. The number of hydrogen-bond donors (Lipinski definition) is 1. The Morgan fingerprint density at radius 3 is 2.41 bits per heavy atom. The number of ketones is 1. The second kappa shape index (κ2) is 9.77. The van der Waals surface area contributed by atoms with E-state index in [-0.39, 0.29) is 28.4 Å². The molecule has 2 aromatic carbocycles. The van der Waals surface area contributed by atoms with Gasteiger partial charge >= 0.3 is 0 Å². The number of aromatic nitrogens is 1. The molecule has 0 fully saturated rings. The molecule has 0 radical (unpaired) electrons. The average Bonchev–Trinajstić information content (AvgIpc) is 2.79. The molecule has 3 aromatic rings. The van der Waals surface area contributed by atoms with Crippen LogP contribution in [0.15, 0.2) is 60.7 Å². The maximum absolute atomic E-state index is 15.2. The van der Waals surface area contributed by atoms with E-state index in [1.165, 1.54) is 19.1 Å². The highest BCUT2D eigenvalue weighted by atomic mass is 79.9. The third kappa shape index (κ3) is 5.61. The van der Waals surface area contributed by atoms with Crippen molar-refractivity contribution in [1.29, 1.82) is 0 Å². The summed E-state index contributed by atoms with van der Waals surface area (Å²) in [5, 5.41) is 3.29. The van der Waals surface area contributed by atoms with E-state index in [9.17, 15) is 9.18 Å². The van der Waals surface area contributed by atoms with E-state index in [0.29, 0.717) is 16.8 Å². The minimum Gasteiger partial charge on any atom is -0.301 e. The quantitative estimate of drug-likeness (QED) is 0.261. The van der Waals surface area contributed by atoms with Crippen LogP contribution < -0.4 is 5.32 Å². The monoisotopic (exact) mass is 520 g/mol. The number of carbonyl (C=O) groups excluding carboxylic acids is 1. The lowest BCUT2D eigenvalue weighted by Crippen LogP contribution is -2.40. The fraction of sp³-hybridized carbons (Fsp3) is 0.280. The Morgan fingerprint density at radius 1 is 1.09 bits per heavy atom. The molecule has 0 saturated heterocycles. The van der Waals surface area contributed by atoms with Crippen LogP contribution in [-0.4, -0.2) is 22.6 Å². The van der Waals surface area contributed by atoms with Gasteiger partial charge in [-0.1, -0.05) is 57.9 Å². The van der Waals surface area contributed by atoms with Crippen molar-refractivity contribution in [2.45, 2.75) is 32.0 Å². The van der Waals surface area contributed by atoms with Crippen molar-refractivity contribution in [2.24, 2.45) is 0 Å². The minimum atomic E-state index is -1.73. The minimum absolute atomic E-state index is 0.0365. The van der Waals surface area contributed by atoms with Gasteiger partial charge in [-0.2, -0.15) is 0 Å². The zero-order valence-electron chi connectivity index (χ0n) is 18.1. The van der Waals surface area contributed by atoms with Crippen LogP contribution in [-0.2, 0) is 11.2 Å². The molecule has 0 spiro atoms. The Bertz CT molecular complexity index is 1120. The topological polar surface area (TPSA) is 42.0 Å². The Labute approximate surface area is 200 Å². The molecule has 1 atom stereocenters. The van der Waals surface area contributed by atoms with Gasteiger partial charge < -0.3 is 5.32 Å². The molecule has 1 aromatic heterocycles. The summed E-state index contributed by atoms with van der Waals surface area (Å²) in [6.45, 7) is 5.37. The molecular formula is C25H24BrClF2N2O. The van der Waals surface area contributed by atoms with Crippen molar-refractivity contribution < 1.29 is 13.6 Å². The SMILES string of the molecule is CC(F)(CBr)c1cc(C(C)(C)NCC(=O)c2ccccc2)cc(-c2ccc(F)c(Cl)c2)n1. The van der Waals surface area contributed by atoms with Gasteiger partial charge in [0.1, 0.15) is 5.82 Å². The molecule has 0 aliphatic rings. The van der Waals surface area contributed by atoms with Crippen LogP contribution in [0.5, 0.6) is 0 Å². The number of alkyl halides is 2. The third-order valence-corrected chi connectivity index (χ3v) is 6.68. The first-order chi connectivity index (χ1) is 15.0. The van der Waals surface area contributed by atoms with Crippen LogP contribution >= 0.6 is 27.5 Å². The Balaban J connectivity index is 1.98. The number of halogens is 4. The summed E-state index contributed by atoms with van der Waals surface area (Å²) in [5.74, 6) is -0.585. The number of benzene rings is 2. The van der Waals surface area contributed by atoms with Crippen LogP contribution in [0.2, 0.25) is 5.02 Å². The highest BCUT2D eigenvalue weighted by Gasteiger charge is 2.30. The Morgan fingerprint density at radius 2 is 1.78 bits per heavy atom. The fourth-order valence-electron chi connectivity index (χ4n) is 3.16. The molecule has 32 heavy (non-hydrogen) atoms. The first kappa shape index (κ1) is 24.5. The van der Waals surface area contributed by atoms with Crippen LogP contribution in [0.25, 0.3) is 11.3 Å². The average molecular weight is 522 g/mol. The van der Waals surface area contributed by atoms with Gasteiger partial charge in [-0.25, -0.2) is 13.8 Å².